The molecule has 0 fully saturated rings. The van der Waals surface area contributed by atoms with E-state index in [1.165, 1.54) is 0 Å². The molecule has 0 saturated heterocycles. The van der Waals surface area contributed by atoms with Gasteiger partial charge in [-0.05, 0) is 24.0 Å². The normalized spacial score (nSPS) is 13.3. The number of nitrogens with one attached hydrogen (secondary N) is 2. The molecule has 0 aliphatic carbocycles. The molecule has 2 unspecified atom stereocenters. The zero-order chi connectivity index (χ0) is 23.5. The van der Waals surface area contributed by atoms with Crippen molar-refractivity contribution in [2.24, 2.45) is 5.92 Å². The van der Waals surface area contributed by atoms with Gasteiger partial charge in [-0.2, -0.15) is 0 Å². The summed E-state index contributed by atoms with van der Waals surface area (Å²) in [6.45, 7) is 1.48. The van der Waals surface area contributed by atoms with Gasteiger partial charge in [-0.15, -0.1) is 0 Å². The lowest BCUT2D eigenvalue weighted by Gasteiger charge is -2.25. The van der Waals surface area contributed by atoms with Gasteiger partial charge in [0.05, 0.1) is 5.92 Å². The predicted octanol–water partition coefficient (Wildman–Crippen LogP) is 2.20. The van der Waals surface area contributed by atoms with E-state index in [0.717, 1.165) is 0 Å². The van der Waals surface area contributed by atoms with Crippen molar-refractivity contribution in [3.05, 3.63) is 71.8 Å². The Bertz CT molecular complexity index is 918. The number of ether oxygens (including phenoxy) is 1. The number of hydrogen-bond acceptors (Lipinski definition) is 5. The molecule has 0 aliphatic heterocycles. The SMILES string of the molecule is CCC(NC(=O)[C@@H](NC(=O)OCc1ccccc1)C(Cc1ccccc1)C(=O)O)C(=O)O. The molecule has 9 heteroatoms. The monoisotopic (exact) mass is 442 g/mol. The highest BCUT2D eigenvalue weighted by molar-refractivity contribution is 5.92. The van der Waals surface area contributed by atoms with Gasteiger partial charge in [0, 0.05) is 0 Å². The maximum atomic E-state index is 12.9. The lowest BCUT2D eigenvalue weighted by atomic mass is 9.91. The first-order chi connectivity index (χ1) is 15.3. The molecule has 9 nitrogen and oxygen atoms in total. The van der Waals surface area contributed by atoms with E-state index in [1.807, 2.05) is 0 Å². The minimum Gasteiger partial charge on any atom is -0.481 e. The predicted molar refractivity (Wildman–Crippen MR) is 115 cm³/mol. The number of benzene rings is 2. The van der Waals surface area contributed by atoms with E-state index in [-0.39, 0.29) is 19.4 Å². The number of carbonyl (C=O) groups excluding carboxylic acids is 2. The summed E-state index contributed by atoms with van der Waals surface area (Å²) in [5.41, 5.74) is 1.35. The summed E-state index contributed by atoms with van der Waals surface area (Å²) in [6, 6.07) is 14.7. The van der Waals surface area contributed by atoms with Gasteiger partial charge in [-0.3, -0.25) is 9.59 Å². The van der Waals surface area contributed by atoms with Crippen molar-refractivity contribution in [2.75, 3.05) is 0 Å². The molecular formula is C23H26N2O7. The number of carboxylic acid groups (broad SMARTS) is 2. The molecule has 32 heavy (non-hydrogen) atoms. The lowest BCUT2D eigenvalue weighted by molar-refractivity contribution is -0.146. The first-order valence-corrected chi connectivity index (χ1v) is 10.1. The molecule has 2 rings (SSSR count). The van der Waals surface area contributed by atoms with Crippen molar-refractivity contribution < 1.29 is 34.1 Å². The zero-order valence-electron chi connectivity index (χ0n) is 17.6. The molecule has 0 saturated carbocycles. The van der Waals surface area contributed by atoms with Gasteiger partial charge in [0.2, 0.25) is 5.91 Å². The molecule has 3 atom stereocenters. The van der Waals surface area contributed by atoms with Gasteiger partial charge >= 0.3 is 18.0 Å². The van der Waals surface area contributed by atoms with Gasteiger partial charge < -0.3 is 25.6 Å². The quantitative estimate of drug-likeness (QED) is 0.418. The second-order valence-electron chi connectivity index (χ2n) is 7.13. The first-order valence-electron chi connectivity index (χ1n) is 10.1. The summed E-state index contributed by atoms with van der Waals surface area (Å²) in [6.07, 6.45) is -0.962. The van der Waals surface area contributed by atoms with Crippen molar-refractivity contribution in [3.63, 3.8) is 0 Å². The summed E-state index contributed by atoms with van der Waals surface area (Å²) in [4.78, 5) is 48.6. The number of hydrogen-bond donors (Lipinski definition) is 4. The summed E-state index contributed by atoms with van der Waals surface area (Å²) in [7, 11) is 0. The number of carboxylic acids is 2. The molecule has 4 N–H and O–H groups in total. The zero-order valence-corrected chi connectivity index (χ0v) is 17.6. The van der Waals surface area contributed by atoms with Crippen LogP contribution < -0.4 is 10.6 Å². The van der Waals surface area contributed by atoms with Crippen LogP contribution in [0.15, 0.2) is 60.7 Å². The summed E-state index contributed by atoms with van der Waals surface area (Å²) in [5.74, 6) is -4.85. The summed E-state index contributed by atoms with van der Waals surface area (Å²) in [5, 5.41) is 23.6. The van der Waals surface area contributed by atoms with Crippen LogP contribution in [0.4, 0.5) is 4.79 Å². The Morgan fingerprint density at radius 3 is 1.91 bits per heavy atom. The Hall–Kier alpha value is -3.88. The van der Waals surface area contributed by atoms with Crippen LogP contribution in [0.5, 0.6) is 0 Å². The number of carbonyl (C=O) groups is 4. The van der Waals surface area contributed by atoms with E-state index in [4.69, 9.17) is 4.74 Å². The summed E-state index contributed by atoms with van der Waals surface area (Å²) >= 11 is 0. The van der Waals surface area contributed by atoms with Crippen molar-refractivity contribution in [2.45, 2.75) is 38.5 Å². The van der Waals surface area contributed by atoms with Crippen LogP contribution in [0, 0.1) is 5.92 Å². The van der Waals surface area contributed by atoms with Gasteiger partial charge in [0.25, 0.3) is 0 Å². The van der Waals surface area contributed by atoms with Gasteiger partial charge in [0.15, 0.2) is 0 Å². The third kappa shape index (κ3) is 7.42. The Balaban J connectivity index is 2.21. The van der Waals surface area contributed by atoms with Crippen molar-refractivity contribution >= 4 is 23.9 Å². The highest BCUT2D eigenvalue weighted by Crippen LogP contribution is 2.15. The van der Waals surface area contributed by atoms with Crippen LogP contribution in [-0.2, 0) is 32.1 Å². The van der Waals surface area contributed by atoms with E-state index in [0.29, 0.717) is 11.1 Å². The highest BCUT2D eigenvalue weighted by Gasteiger charge is 2.37. The van der Waals surface area contributed by atoms with Crippen molar-refractivity contribution in [3.8, 4) is 0 Å². The highest BCUT2D eigenvalue weighted by atomic mass is 16.5. The Morgan fingerprint density at radius 1 is 0.844 bits per heavy atom. The molecule has 2 aromatic rings. The Kier molecular flexibility index (Phi) is 9.22. The van der Waals surface area contributed by atoms with Crippen LogP contribution in [0.2, 0.25) is 0 Å². The third-order valence-corrected chi connectivity index (χ3v) is 4.81. The number of alkyl carbamates (subject to hydrolysis) is 1. The van der Waals surface area contributed by atoms with Crippen molar-refractivity contribution in [1.29, 1.82) is 0 Å². The maximum absolute atomic E-state index is 12.9. The van der Waals surface area contributed by atoms with Crippen LogP contribution in [0.25, 0.3) is 0 Å². The van der Waals surface area contributed by atoms with Crippen LogP contribution >= 0.6 is 0 Å². The minimum absolute atomic E-state index is 0.0584. The fourth-order valence-corrected chi connectivity index (χ4v) is 3.06. The van der Waals surface area contributed by atoms with E-state index in [9.17, 15) is 29.4 Å². The van der Waals surface area contributed by atoms with E-state index in [1.54, 1.807) is 67.6 Å². The average Bonchev–Trinajstić information content (AvgIpc) is 2.79. The maximum Gasteiger partial charge on any atom is 0.408 e. The molecule has 0 radical (unpaired) electrons. The van der Waals surface area contributed by atoms with Gasteiger partial charge in [0.1, 0.15) is 18.7 Å². The minimum atomic E-state index is -1.55. The molecule has 0 bridgehead atoms. The van der Waals surface area contributed by atoms with Crippen LogP contribution in [0.1, 0.15) is 24.5 Å². The molecule has 2 amide bonds. The molecule has 2 aromatic carbocycles. The molecule has 0 aromatic heterocycles. The fraction of sp³-hybridized carbons (Fsp3) is 0.304. The van der Waals surface area contributed by atoms with Crippen LogP contribution in [-0.4, -0.2) is 46.2 Å². The molecule has 0 heterocycles. The summed E-state index contributed by atoms with van der Waals surface area (Å²) < 4.78 is 5.13. The topological polar surface area (TPSA) is 142 Å². The molecule has 0 aliphatic rings. The smallest absolute Gasteiger partial charge is 0.408 e. The van der Waals surface area contributed by atoms with E-state index in [2.05, 4.69) is 10.6 Å². The van der Waals surface area contributed by atoms with Crippen LogP contribution in [0.3, 0.4) is 0 Å². The van der Waals surface area contributed by atoms with E-state index >= 15 is 0 Å². The van der Waals surface area contributed by atoms with E-state index < -0.39 is 41.9 Å². The first kappa shape index (κ1) is 24.4. The largest absolute Gasteiger partial charge is 0.481 e. The average molecular weight is 442 g/mol. The van der Waals surface area contributed by atoms with Gasteiger partial charge in [-0.1, -0.05) is 67.6 Å². The van der Waals surface area contributed by atoms with Crippen molar-refractivity contribution in [1.82, 2.24) is 10.6 Å². The molecular weight excluding hydrogens is 416 g/mol. The molecule has 0 spiro atoms. The fourth-order valence-electron chi connectivity index (χ4n) is 3.06. The second-order valence-corrected chi connectivity index (χ2v) is 7.13. The number of amides is 2. The Labute approximate surface area is 185 Å². The standard InChI is InChI=1S/C23H26N2O7/c1-2-18(22(29)30)24-20(26)19(17(21(27)28)13-15-9-5-3-6-10-15)25-23(31)32-14-16-11-7-4-8-12-16/h3-12,17-19H,2,13-14H2,1H3,(H,24,26)(H,25,31)(H,27,28)(H,29,30)/t17?,18?,19-/m0/s1. The molecule has 170 valence electrons. The number of aliphatic carboxylic acids is 2. The Morgan fingerprint density at radius 2 is 1.41 bits per heavy atom. The second kappa shape index (κ2) is 12.1. The lowest BCUT2D eigenvalue weighted by Crippen LogP contribution is -2.56. The van der Waals surface area contributed by atoms with Gasteiger partial charge in [-0.25, -0.2) is 9.59 Å². The number of rotatable bonds is 11. The third-order valence-electron chi connectivity index (χ3n) is 4.81.